The minimum atomic E-state index is -1.09. The summed E-state index contributed by atoms with van der Waals surface area (Å²) < 4.78 is 5.18. The highest BCUT2D eigenvalue weighted by Gasteiger charge is 2.24. The first kappa shape index (κ1) is 34.2. The molecule has 6 aromatic carbocycles. The largest absolute Gasteiger partial charge is 0.478 e. The van der Waals surface area contributed by atoms with Crippen LogP contribution in [0.4, 0.5) is 5.69 Å². The Morgan fingerprint density at radius 3 is 1.96 bits per heavy atom. The van der Waals surface area contributed by atoms with Crippen LogP contribution in [-0.2, 0) is 9.53 Å². The van der Waals surface area contributed by atoms with Gasteiger partial charge in [0.2, 0.25) is 0 Å². The molecule has 0 fully saturated rings. The summed E-state index contributed by atoms with van der Waals surface area (Å²) in [5, 5.41) is 20.6. The fourth-order valence-corrected chi connectivity index (χ4v) is 6.91. The number of nitrogens with one attached hydrogen (secondary N) is 1. The predicted octanol–water partition coefficient (Wildman–Crippen LogP) is 10.6. The average molecular weight is 664 g/mol. The van der Waals surface area contributed by atoms with E-state index in [9.17, 15) is 19.5 Å². The van der Waals surface area contributed by atoms with Gasteiger partial charge in [-0.3, -0.25) is 4.79 Å². The van der Waals surface area contributed by atoms with E-state index in [-0.39, 0.29) is 29.3 Å². The molecule has 0 saturated heterocycles. The summed E-state index contributed by atoms with van der Waals surface area (Å²) >= 11 is 0. The Hall–Kier alpha value is -5.67. The summed E-state index contributed by atoms with van der Waals surface area (Å²) in [6, 6.07) is 23.4. The third-order valence-corrected chi connectivity index (χ3v) is 9.37. The van der Waals surface area contributed by atoms with E-state index in [2.05, 4.69) is 57.5 Å². The standard InChI is InChI=1S/C44H41NO5/c1-25(2)29-14-11-15-30(26(3)4)41(29)45-42(46)36-22-20-34-32-17-12-16-31-28(13-9-7-8-10-24-50-44(49)27(5)6)18-19-33(38(31)32)35-21-23-37(43(47)48)40(36)39(34)35/h11-12,14-23,25-26H,5,7-8,10,24H2,1-4,6H3,(H,45,46)(H,47,48). The first-order chi connectivity index (χ1) is 24.0. The number of benzene rings is 6. The smallest absolute Gasteiger partial charge is 0.336 e. The molecule has 0 bridgehead atoms. The molecule has 0 radical (unpaired) electrons. The van der Waals surface area contributed by atoms with Crippen molar-refractivity contribution in [3.63, 3.8) is 0 Å². The Morgan fingerprint density at radius 1 is 0.740 bits per heavy atom. The van der Waals surface area contributed by atoms with E-state index in [1.54, 1.807) is 19.1 Å². The van der Waals surface area contributed by atoms with Crippen LogP contribution < -0.4 is 5.32 Å². The van der Waals surface area contributed by atoms with Crippen LogP contribution >= 0.6 is 0 Å². The van der Waals surface area contributed by atoms with Crippen LogP contribution in [-0.4, -0.2) is 29.6 Å². The highest BCUT2D eigenvalue weighted by atomic mass is 16.5. The molecule has 2 N–H and O–H groups in total. The quantitative estimate of drug-likeness (QED) is 0.0380. The number of anilines is 1. The third kappa shape index (κ3) is 6.28. The maximum Gasteiger partial charge on any atom is 0.336 e. The van der Waals surface area contributed by atoms with Crippen molar-refractivity contribution < 1.29 is 24.2 Å². The molecule has 6 nitrogen and oxygen atoms in total. The van der Waals surface area contributed by atoms with Crippen molar-refractivity contribution >= 4 is 66.6 Å². The van der Waals surface area contributed by atoms with Crippen molar-refractivity contribution in [2.75, 3.05) is 11.9 Å². The van der Waals surface area contributed by atoms with Crippen LogP contribution in [0, 0.1) is 11.8 Å². The van der Waals surface area contributed by atoms with Gasteiger partial charge < -0.3 is 15.2 Å². The Kier molecular flexibility index (Phi) is 9.61. The summed E-state index contributed by atoms with van der Waals surface area (Å²) in [4.78, 5) is 38.6. The maximum absolute atomic E-state index is 14.3. The summed E-state index contributed by atoms with van der Waals surface area (Å²) in [6.45, 7) is 14.0. The van der Waals surface area contributed by atoms with Crippen molar-refractivity contribution in [1.82, 2.24) is 0 Å². The number of aromatic carboxylic acids is 1. The molecular weight excluding hydrogens is 622 g/mol. The number of para-hydroxylation sites is 1. The number of hydrogen-bond donors (Lipinski definition) is 2. The monoisotopic (exact) mass is 663 g/mol. The summed E-state index contributed by atoms with van der Waals surface area (Å²) in [5.41, 5.74) is 4.57. The molecule has 0 saturated carbocycles. The van der Waals surface area contributed by atoms with Crippen molar-refractivity contribution in [3.8, 4) is 11.8 Å². The lowest BCUT2D eigenvalue weighted by atomic mass is 9.85. The molecule has 6 rings (SSSR count). The molecule has 6 aromatic rings. The number of amides is 1. The van der Waals surface area contributed by atoms with Gasteiger partial charge in [0.1, 0.15) is 0 Å². The van der Waals surface area contributed by atoms with E-state index in [0.717, 1.165) is 72.9 Å². The molecule has 6 heteroatoms. The third-order valence-electron chi connectivity index (χ3n) is 9.37. The lowest BCUT2D eigenvalue weighted by molar-refractivity contribution is -0.139. The molecule has 0 aliphatic carbocycles. The van der Waals surface area contributed by atoms with Crippen molar-refractivity contribution in [2.45, 2.75) is 65.7 Å². The number of unbranched alkanes of at least 4 members (excludes halogenated alkanes) is 2. The van der Waals surface area contributed by atoms with Crippen LogP contribution in [0.1, 0.15) is 103 Å². The zero-order valence-corrected chi connectivity index (χ0v) is 29.2. The average Bonchev–Trinajstić information content (AvgIpc) is 3.09. The minimum absolute atomic E-state index is 0.0875. The lowest BCUT2D eigenvalue weighted by Gasteiger charge is -2.21. The Morgan fingerprint density at radius 2 is 1.32 bits per heavy atom. The van der Waals surface area contributed by atoms with Crippen molar-refractivity contribution in [1.29, 1.82) is 0 Å². The number of carboxylic acid groups (broad SMARTS) is 1. The molecule has 252 valence electrons. The first-order valence-electron chi connectivity index (χ1n) is 17.1. The number of rotatable bonds is 10. The number of ether oxygens (including phenoxy) is 1. The molecule has 0 unspecified atom stereocenters. The minimum Gasteiger partial charge on any atom is -0.478 e. The molecule has 0 spiro atoms. The second kappa shape index (κ2) is 14.1. The number of esters is 1. The fourth-order valence-electron chi connectivity index (χ4n) is 6.91. The number of carboxylic acids is 1. The van der Waals surface area contributed by atoms with Gasteiger partial charge in [0, 0.05) is 34.2 Å². The summed E-state index contributed by atoms with van der Waals surface area (Å²) in [6.07, 6.45) is 2.19. The van der Waals surface area contributed by atoms with E-state index < -0.39 is 5.97 Å². The first-order valence-corrected chi connectivity index (χ1v) is 17.1. The molecule has 1 amide bonds. The molecular formula is C44H41NO5. The molecule has 50 heavy (non-hydrogen) atoms. The Labute approximate surface area is 292 Å². The topological polar surface area (TPSA) is 92.7 Å². The molecule has 0 aromatic heterocycles. The molecule has 0 aliphatic rings. The summed E-state index contributed by atoms with van der Waals surface area (Å²) in [7, 11) is 0. The molecule has 0 atom stereocenters. The highest BCUT2D eigenvalue weighted by Crippen LogP contribution is 2.43. The van der Waals surface area contributed by atoms with Gasteiger partial charge in [-0.1, -0.05) is 101 Å². The maximum atomic E-state index is 14.3. The Bertz CT molecular complexity index is 2340. The van der Waals surface area contributed by atoms with Gasteiger partial charge in [-0.25, -0.2) is 9.59 Å². The summed E-state index contributed by atoms with van der Waals surface area (Å²) in [5.74, 6) is 5.20. The van der Waals surface area contributed by atoms with E-state index >= 15 is 0 Å². The van der Waals surface area contributed by atoms with E-state index in [1.807, 2.05) is 54.6 Å². The van der Waals surface area contributed by atoms with Gasteiger partial charge in [-0.05, 0) is 98.6 Å². The van der Waals surface area contributed by atoms with Crippen LogP contribution in [0.5, 0.6) is 0 Å². The second-order valence-electron chi connectivity index (χ2n) is 13.5. The number of hydrogen-bond acceptors (Lipinski definition) is 4. The van der Waals surface area contributed by atoms with Crippen LogP contribution in [0.25, 0.3) is 43.1 Å². The van der Waals surface area contributed by atoms with Gasteiger partial charge in [-0.2, -0.15) is 0 Å². The van der Waals surface area contributed by atoms with Crippen molar-refractivity contribution in [2.24, 2.45) is 0 Å². The highest BCUT2D eigenvalue weighted by molar-refractivity contribution is 6.36. The van der Waals surface area contributed by atoms with Crippen LogP contribution in [0.2, 0.25) is 0 Å². The predicted molar refractivity (Wildman–Crippen MR) is 204 cm³/mol. The fraction of sp³-hybridized carbons (Fsp3) is 0.250. The Balaban J connectivity index is 1.44. The number of carbonyl (C=O) groups excluding carboxylic acids is 2. The van der Waals surface area contributed by atoms with E-state index in [4.69, 9.17) is 4.74 Å². The van der Waals surface area contributed by atoms with Crippen molar-refractivity contribution in [3.05, 3.63) is 113 Å². The normalized spacial score (nSPS) is 11.4. The van der Waals surface area contributed by atoms with Crippen LogP contribution in [0.15, 0.2) is 84.9 Å². The van der Waals surface area contributed by atoms with E-state index in [0.29, 0.717) is 29.6 Å². The number of carbonyl (C=O) groups is 3. The number of fused-ring (bicyclic) bond motifs is 2. The van der Waals surface area contributed by atoms with Gasteiger partial charge >= 0.3 is 11.9 Å². The van der Waals surface area contributed by atoms with E-state index in [1.165, 1.54) is 0 Å². The molecule has 0 aliphatic heterocycles. The SMILES string of the molecule is C=C(C)C(=O)OCCCCC#Cc1ccc2c3ccc(C(=O)O)c4c(C(=O)Nc5c(C(C)C)cccc5C(C)C)ccc(c5cccc1c25)c43. The van der Waals surface area contributed by atoms with Gasteiger partial charge in [0.05, 0.1) is 12.2 Å². The van der Waals surface area contributed by atoms with Gasteiger partial charge in [0.15, 0.2) is 0 Å². The zero-order valence-electron chi connectivity index (χ0n) is 29.2. The zero-order chi connectivity index (χ0) is 35.7. The van der Waals surface area contributed by atoms with Gasteiger partial charge in [-0.15, -0.1) is 0 Å². The van der Waals surface area contributed by atoms with Gasteiger partial charge in [0.25, 0.3) is 5.91 Å². The second-order valence-corrected chi connectivity index (χ2v) is 13.5. The molecule has 0 heterocycles. The van der Waals surface area contributed by atoms with Crippen LogP contribution in [0.3, 0.4) is 0 Å². The lowest BCUT2D eigenvalue weighted by Crippen LogP contribution is -2.17.